The van der Waals surface area contributed by atoms with Crippen LogP contribution in [0.15, 0.2) is 53.3 Å². The third kappa shape index (κ3) is 4.84. The van der Waals surface area contributed by atoms with Crippen molar-refractivity contribution in [3.63, 3.8) is 0 Å². The monoisotopic (exact) mass is 493 g/mol. The lowest BCUT2D eigenvalue weighted by molar-refractivity contribution is -0.139. The highest BCUT2D eigenvalue weighted by Gasteiger charge is 2.37. The smallest absolute Gasteiger partial charge is 0.368 e. The summed E-state index contributed by atoms with van der Waals surface area (Å²) in [5.74, 6) is -1.74. The molecule has 34 heavy (non-hydrogen) atoms. The van der Waals surface area contributed by atoms with Gasteiger partial charge in [0.15, 0.2) is 5.82 Å². The minimum absolute atomic E-state index is 0.0629. The number of nitrogens with two attached hydrogens (primary N) is 1. The van der Waals surface area contributed by atoms with Crippen molar-refractivity contribution in [1.29, 1.82) is 0 Å². The van der Waals surface area contributed by atoms with Gasteiger partial charge in [-0.05, 0) is 48.7 Å². The van der Waals surface area contributed by atoms with Gasteiger partial charge in [-0.2, -0.15) is 13.2 Å². The molecule has 2 aromatic carbocycles. The van der Waals surface area contributed by atoms with Gasteiger partial charge in [0.1, 0.15) is 12.6 Å². The van der Waals surface area contributed by atoms with Gasteiger partial charge in [0.25, 0.3) is 0 Å². The summed E-state index contributed by atoms with van der Waals surface area (Å²) >= 11 is 5.93. The first-order valence-electron chi connectivity index (χ1n) is 10.3. The first-order valence-corrected chi connectivity index (χ1v) is 10.6. The highest BCUT2D eigenvalue weighted by molar-refractivity contribution is 6.30. The second kappa shape index (κ2) is 8.98. The molecule has 1 aromatic heterocycles. The Morgan fingerprint density at radius 2 is 1.79 bits per heavy atom. The highest BCUT2D eigenvalue weighted by Crippen LogP contribution is 2.37. The van der Waals surface area contributed by atoms with Gasteiger partial charge in [0.2, 0.25) is 11.8 Å². The van der Waals surface area contributed by atoms with Crippen molar-refractivity contribution in [3.05, 3.63) is 75.2 Å². The van der Waals surface area contributed by atoms with Crippen LogP contribution in [0.4, 0.5) is 13.2 Å². The number of hydrogen-bond acceptors (Lipinski definition) is 4. The summed E-state index contributed by atoms with van der Waals surface area (Å²) in [6.45, 7) is -0.614. The highest BCUT2D eigenvalue weighted by atomic mass is 35.5. The van der Waals surface area contributed by atoms with Gasteiger partial charge in [-0.15, -0.1) is 5.10 Å². The number of amides is 2. The van der Waals surface area contributed by atoms with E-state index in [0.717, 1.165) is 35.7 Å². The van der Waals surface area contributed by atoms with Gasteiger partial charge in [-0.1, -0.05) is 29.8 Å². The maximum absolute atomic E-state index is 13.4. The molecule has 0 saturated heterocycles. The van der Waals surface area contributed by atoms with E-state index >= 15 is 0 Å². The van der Waals surface area contributed by atoms with E-state index in [-0.39, 0.29) is 6.04 Å². The summed E-state index contributed by atoms with van der Waals surface area (Å²) in [6.07, 6.45) is -3.21. The number of alkyl halides is 3. The van der Waals surface area contributed by atoms with Crippen LogP contribution >= 0.6 is 11.6 Å². The number of primary amides is 1. The van der Waals surface area contributed by atoms with Gasteiger partial charge in [0.05, 0.1) is 5.56 Å². The molecule has 4 rings (SSSR count). The molecule has 1 atom stereocenters. The van der Waals surface area contributed by atoms with E-state index in [2.05, 4.69) is 10.4 Å². The minimum Gasteiger partial charge on any atom is -0.368 e. The maximum atomic E-state index is 13.4. The number of nitrogens with one attached hydrogen (secondary N) is 1. The van der Waals surface area contributed by atoms with Gasteiger partial charge >= 0.3 is 11.9 Å². The van der Waals surface area contributed by atoms with Crippen LogP contribution in [0.3, 0.4) is 0 Å². The molecule has 1 unspecified atom stereocenters. The Morgan fingerprint density at radius 1 is 1.15 bits per heavy atom. The van der Waals surface area contributed by atoms with Gasteiger partial charge in [0, 0.05) is 16.6 Å². The molecule has 1 heterocycles. The number of hydrogen-bond donors (Lipinski definition) is 2. The van der Waals surface area contributed by atoms with Gasteiger partial charge in [-0.25, -0.2) is 9.48 Å². The quantitative estimate of drug-likeness (QED) is 0.526. The van der Waals surface area contributed by atoms with Crippen molar-refractivity contribution in [2.75, 3.05) is 0 Å². The largest absolute Gasteiger partial charge is 0.416 e. The van der Waals surface area contributed by atoms with Crippen molar-refractivity contribution in [2.45, 2.75) is 37.6 Å². The fourth-order valence-corrected chi connectivity index (χ4v) is 3.76. The van der Waals surface area contributed by atoms with Gasteiger partial charge < -0.3 is 11.1 Å². The number of benzene rings is 2. The zero-order chi connectivity index (χ0) is 24.6. The number of carbonyl (C=O) groups excluding carboxylic acids is 2. The van der Waals surface area contributed by atoms with E-state index in [0.29, 0.717) is 16.4 Å². The zero-order valence-electron chi connectivity index (χ0n) is 17.6. The van der Waals surface area contributed by atoms with E-state index in [1.807, 2.05) is 0 Å². The molecule has 1 aliphatic rings. The third-order valence-corrected chi connectivity index (χ3v) is 5.60. The molecule has 1 aliphatic carbocycles. The second-order valence-electron chi connectivity index (χ2n) is 7.86. The molecule has 8 nitrogen and oxygen atoms in total. The molecule has 1 saturated carbocycles. The van der Waals surface area contributed by atoms with Crippen molar-refractivity contribution in [1.82, 2.24) is 19.7 Å². The van der Waals surface area contributed by atoms with E-state index in [1.165, 1.54) is 10.6 Å². The Balaban J connectivity index is 1.62. The fourth-order valence-electron chi connectivity index (χ4n) is 3.63. The summed E-state index contributed by atoms with van der Waals surface area (Å²) in [4.78, 5) is 37.6. The predicted molar refractivity (Wildman–Crippen MR) is 117 cm³/mol. The average Bonchev–Trinajstić information content (AvgIpc) is 3.56. The van der Waals surface area contributed by atoms with Crippen LogP contribution in [0, 0.1) is 0 Å². The normalized spacial score (nSPS) is 14.6. The Hall–Kier alpha value is -3.60. The van der Waals surface area contributed by atoms with Crippen LogP contribution in [0.2, 0.25) is 5.02 Å². The van der Waals surface area contributed by atoms with Crippen molar-refractivity contribution >= 4 is 23.4 Å². The molecule has 1 fully saturated rings. The van der Waals surface area contributed by atoms with Crippen molar-refractivity contribution in [3.8, 4) is 11.4 Å². The lowest BCUT2D eigenvalue weighted by atomic mass is 9.99. The molecular formula is C22H19ClF3N5O3. The number of aromatic nitrogens is 3. The van der Waals surface area contributed by atoms with Crippen LogP contribution < -0.4 is 16.7 Å². The predicted octanol–water partition coefficient (Wildman–Crippen LogP) is 3.06. The molecule has 2 amide bonds. The van der Waals surface area contributed by atoms with Crippen LogP contribution in [0.5, 0.6) is 0 Å². The lowest BCUT2D eigenvalue weighted by Crippen LogP contribution is -2.41. The molecule has 0 spiro atoms. The molecule has 0 radical (unpaired) electrons. The Bertz CT molecular complexity index is 1300. The van der Waals surface area contributed by atoms with Crippen molar-refractivity contribution in [2.24, 2.45) is 5.73 Å². The van der Waals surface area contributed by atoms with E-state index < -0.39 is 47.4 Å². The topological polar surface area (TPSA) is 112 Å². The summed E-state index contributed by atoms with van der Waals surface area (Å²) in [5.41, 5.74) is 3.77. The summed E-state index contributed by atoms with van der Waals surface area (Å²) < 4.78 is 42.6. The maximum Gasteiger partial charge on any atom is 0.416 e. The van der Waals surface area contributed by atoms with Crippen molar-refractivity contribution < 1.29 is 22.8 Å². The number of nitrogens with zero attached hydrogens (tertiary/aromatic N) is 3. The number of halogens is 4. The molecule has 0 aliphatic heterocycles. The molecule has 3 N–H and O–H groups in total. The standard InChI is InChI=1S/C22H19ClF3N5O3/c23-13-7-5-12(6-8-13)20-29-30(21(34)31(20)14-9-10-14)11-17(32)28-18(19(27)33)15-3-1-2-4-16(15)22(24,25)26/h1-8,14,18H,9-11H2,(H2,27,33)(H,28,32). The number of rotatable bonds is 7. The fraction of sp³-hybridized carbons (Fsp3) is 0.273. The van der Waals surface area contributed by atoms with Crippen LogP contribution in [-0.4, -0.2) is 26.2 Å². The Kier molecular flexibility index (Phi) is 6.22. The lowest BCUT2D eigenvalue weighted by Gasteiger charge is -2.20. The Labute approximate surface area is 196 Å². The molecular weight excluding hydrogens is 475 g/mol. The molecule has 178 valence electrons. The summed E-state index contributed by atoms with van der Waals surface area (Å²) in [6, 6.07) is 9.15. The first kappa shape index (κ1) is 23.6. The summed E-state index contributed by atoms with van der Waals surface area (Å²) in [7, 11) is 0. The Morgan fingerprint density at radius 3 is 2.38 bits per heavy atom. The van der Waals surface area contributed by atoms with Crippen LogP contribution in [0.25, 0.3) is 11.4 Å². The van der Waals surface area contributed by atoms with E-state index in [1.54, 1.807) is 24.3 Å². The molecule has 12 heteroatoms. The number of carbonyl (C=O) groups is 2. The van der Waals surface area contributed by atoms with Gasteiger partial charge in [-0.3, -0.25) is 14.2 Å². The van der Waals surface area contributed by atoms with E-state index in [4.69, 9.17) is 17.3 Å². The minimum atomic E-state index is -4.76. The van der Waals surface area contributed by atoms with E-state index in [9.17, 15) is 27.6 Å². The zero-order valence-corrected chi connectivity index (χ0v) is 18.3. The molecule has 3 aromatic rings. The first-order chi connectivity index (χ1) is 16.1. The SMILES string of the molecule is NC(=O)C(NC(=O)Cn1nc(-c2ccc(Cl)cc2)n(C2CC2)c1=O)c1ccccc1C(F)(F)F. The third-order valence-electron chi connectivity index (χ3n) is 5.35. The van der Waals surface area contributed by atoms with Crippen LogP contribution in [0.1, 0.15) is 36.1 Å². The molecule has 0 bridgehead atoms. The second-order valence-corrected chi connectivity index (χ2v) is 8.30. The average molecular weight is 494 g/mol. The summed E-state index contributed by atoms with van der Waals surface area (Å²) in [5, 5.41) is 6.96. The van der Waals surface area contributed by atoms with Crippen LogP contribution in [-0.2, 0) is 22.3 Å².